The fraction of sp³-hybridized carbons (Fsp3) is 0.214. The normalized spacial score (nSPS) is 10.5. The van der Waals surface area contributed by atoms with Crippen LogP contribution in [-0.4, -0.2) is 16.7 Å². The van der Waals surface area contributed by atoms with Gasteiger partial charge in [0.25, 0.3) is 0 Å². The molecular formula is C14H15BrN2O2. The minimum atomic E-state index is 0.0791. The summed E-state index contributed by atoms with van der Waals surface area (Å²) in [6.45, 7) is 1.98. The molecule has 0 amide bonds. The predicted molar refractivity (Wildman–Crippen MR) is 78.4 cm³/mol. The lowest BCUT2D eigenvalue weighted by atomic mass is 10.1. The Morgan fingerprint density at radius 3 is 2.84 bits per heavy atom. The molecule has 0 atom stereocenters. The van der Waals surface area contributed by atoms with E-state index in [4.69, 9.17) is 15.6 Å². The number of nitrogens with zero attached hydrogens (tertiary/aromatic N) is 1. The quantitative estimate of drug-likeness (QED) is 0.907. The van der Waals surface area contributed by atoms with E-state index in [2.05, 4.69) is 20.9 Å². The van der Waals surface area contributed by atoms with Crippen LogP contribution in [0.15, 0.2) is 34.9 Å². The number of nitrogens with two attached hydrogens (primary N) is 1. The summed E-state index contributed by atoms with van der Waals surface area (Å²) in [4.78, 5) is 4.18. The summed E-state index contributed by atoms with van der Waals surface area (Å²) in [7, 11) is 0. The Kier molecular flexibility index (Phi) is 4.39. The van der Waals surface area contributed by atoms with E-state index in [1.807, 2.05) is 31.2 Å². The number of para-hydroxylation sites is 1. The SMILES string of the molecule is Cc1c(N)cnc(Oc2ccccc2CCO)c1Br. The average Bonchev–Trinajstić information content (AvgIpc) is 2.42. The molecule has 5 heteroatoms. The van der Waals surface area contributed by atoms with Gasteiger partial charge in [-0.1, -0.05) is 18.2 Å². The van der Waals surface area contributed by atoms with Crippen LogP contribution >= 0.6 is 15.9 Å². The number of pyridine rings is 1. The van der Waals surface area contributed by atoms with Crippen molar-refractivity contribution in [2.45, 2.75) is 13.3 Å². The lowest BCUT2D eigenvalue weighted by molar-refractivity contribution is 0.297. The first-order valence-corrected chi connectivity index (χ1v) is 6.70. The number of aliphatic hydroxyl groups excluding tert-OH is 1. The summed E-state index contributed by atoms with van der Waals surface area (Å²) in [5.41, 5.74) is 8.22. The van der Waals surface area contributed by atoms with Gasteiger partial charge in [-0.05, 0) is 46.5 Å². The fourth-order valence-electron chi connectivity index (χ4n) is 1.67. The van der Waals surface area contributed by atoms with Crippen LogP contribution in [0.3, 0.4) is 0 Å². The van der Waals surface area contributed by atoms with Crippen LogP contribution < -0.4 is 10.5 Å². The van der Waals surface area contributed by atoms with Gasteiger partial charge in [0, 0.05) is 6.61 Å². The standard InChI is InChI=1S/C14H15BrN2O2/c1-9-11(16)8-17-14(13(9)15)19-12-5-3-2-4-10(12)6-7-18/h2-5,8,18H,6-7,16H2,1H3. The number of aromatic nitrogens is 1. The van der Waals surface area contributed by atoms with Crippen LogP contribution in [0.2, 0.25) is 0 Å². The molecule has 0 spiro atoms. The summed E-state index contributed by atoms with van der Waals surface area (Å²) < 4.78 is 6.55. The zero-order valence-electron chi connectivity index (χ0n) is 10.6. The number of anilines is 1. The minimum absolute atomic E-state index is 0.0791. The molecule has 0 saturated heterocycles. The third kappa shape index (κ3) is 3.05. The number of aliphatic hydroxyl groups is 1. The van der Waals surface area contributed by atoms with Crippen molar-refractivity contribution in [3.05, 3.63) is 46.1 Å². The average molecular weight is 323 g/mol. The Balaban J connectivity index is 2.34. The maximum absolute atomic E-state index is 9.05. The van der Waals surface area contributed by atoms with Crippen LogP contribution in [0.5, 0.6) is 11.6 Å². The van der Waals surface area contributed by atoms with Crippen LogP contribution in [0, 0.1) is 6.92 Å². The molecule has 0 aliphatic carbocycles. The van der Waals surface area contributed by atoms with Gasteiger partial charge in [-0.3, -0.25) is 0 Å². The van der Waals surface area contributed by atoms with E-state index in [-0.39, 0.29) is 6.61 Å². The minimum Gasteiger partial charge on any atom is -0.438 e. The monoisotopic (exact) mass is 322 g/mol. The van der Waals surface area contributed by atoms with Crippen LogP contribution in [0.4, 0.5) is 5.69 Å². The van der Waals surface area contributed by atoms with E-state index in [0.717, 1.165) is 15.6 Å². The van der Waals surface area contributed by atoms with Crippen molar-refractivity contribution in [1.29, 1.82) is 0 Å². The molecule has 4 nitrogen and oxygen atoms in total. The third-order valence-corrected chi connectivity index (χ3v) is 3.77. The molecule has 2 aromatic rings. The Hall–Kier alpha value is -1.59. The van der Waals surface area contributed by atoms with Crippen molar-refractivity contribution in [2.24, 2.45) is 0 Å². The lowest BCUT2D eigenvalue weighted by Crippen LogP contribution is -1.99. The van der Waals surface area contributed by atoms with Crippen LogP contribution in [0.25, 0.3) is 0 Å². The van der Waals surface area contributed by atoms with E-state index in [1.165, 1.54) is 0 Å². The number of hydrogen-bond acceptors (Lipinski definition) is 4. The van der Waals surface area contributed by atoms with Crippen molar-refractivity contribution in [1.82, 2.24) is 4.98 Å². The Morgan fingerprint density at radius 2 is 2.11 bits per heavy atom. The van der Waals surface area contributed by atoms with Gasteiger partial charge in [0.15, 0.2) is 0 Å². The molecule has 1 aromatic carbocycles. The van der Waals surface area contributed by atoms with Gasteiger partial charge in [0.05, 0.1) is 16.4 Å². The molecule has 0 fully saturated rings. The highest BCUT2D eigenvalue weighted by Crippen LogP contribution is 2.33. The van der Waals surface area contributed by atoms with Crippen LogP contribution in [-0.2, 0) is 6.42 Å². The van der Waals surface area contributed by atoms with E-state index >= 15 is 0 Å². The maximum atomic E-state index is 9.05. The second-order valence-corrected chi connectivity index (χ2v) is 4.93. The molecule has 0 aliphatic heterocycles. The van der Waals surface area contributed by atoms with Crippen molar-refractivity contribution < 1.29 is 9.84 Å². The third-order valence-electron chi connectivity index (χ3n) is 2.83. The zero-order valence-corrected chi connectivity index (χ0v) is 12.1. The van der Waals surface area contributed by atoms with E-state index in [0.29, 0.717) is 23.7 Å². The Labute approximate surface area is 120 Å². The molecule has 1 heterocycles. The van der Waals surface area contributed by atoms with Gasteiger partial charge < -0.3 is 15.6 Å². The summed E-state index contributed by atoms with van der Waals surface area (Å²) in [5.74, 6) is 1.16. The Bertz CT molecular complexity index is 588. The van der Waals surface area contributed by atoms with Crippen LogP contribution in [0.1, 0.15) is 11.1 Å². The first kappa shape index (κ1) is 13.8. The second-order valence-electron chi connectivity index (χ2n) is 4.14. The predicted octanol–water partition coefficient (Wildman–Crippen LogP) is 3.06. The van der Waals surface area contributed by atoms with Gasteiger partial charge in [-0.25, -0.2) is 4.98 Å². The van der Waals surface area contributed by atoms with Gasteiger partial charge in [-0.15, -0.1) is 0 Å². The fourth-order valence-corrected chi connectivity index (χ4v) is 2.09. The number of rotatable bonds is 4. The van der Waals surface area contributed by atoms with Crippen molar-refractivity contribution in [3.63, 3.8) is 0 Å². The van der Waals surface area contributed by atoms with Gasteiger partial charge >= 0.3 is 0 Å². The van der Waals surface area contributed by atoms with Crippen molar-refractivity contribution >= 4 is 21.6 Å². The molecule has 19 heavy (non-hydrogen) atoms. The number of hydrogen-bond donors (Lipinski definition) is 2. The molecule has 0 saturated carbocycles. The van der Waals surface area contributed by atoms with E-state index in [1.54, 1.807) is 6.20 Å². The number of benzene rings is 1. The molecular weight excluding hydrogens is 308 g/mol. The van der Waals surface area contributed by atoms with Gasteiger partial charge in [0.1, 0.15) is 5.75 Å². The second kappa shape index (κ2) is 6.04. The first-order chi connectivity index (χ1) is 9.13. The zero-order chi connectivity index (χ0) is 13.8. The van der Waals surface area contributed by atoms with E-state index in [9.17, 15) is 0 Å². The molecule has 0 radical (unpaired) electrons. The van der Waals surface area contributed by atoms with E-state index < -0.39 is 0 Å². The summed E-state index contributed by atoms with van der Waals surface area (Å²) in [6, 6.07) is 7.57. The number of ether oxygens (including phenoxy) is 1. The Morgan fingerprint density at radius 1 is 1.37 bits per heavy atom. The smallest absolute Gasteiger partial charge is 0.234 e. The first-order valence-electron chi connectivity index (χ1n) is 5.90. The number of halogens is 1. The summed E-state index contributed by atoms with van der Waals surface area (Å²) in [6.07, 6.45) is 2.12. The van der Waals surface area contributed by atoms with Gasteiger partial charge in [0.2, 0.25) is 5.88 Å². The molecule has 0 unspecified atom stereocenters. The van der Waals surface area contributed by atoms with Crippen molar-refractivity contribution in [2.75, 3.05) is 12.3 Å². The molecule has 0 bridgehead atoms. The highest BCUT2D eigenvalue weighted by atomic mass is 79.9. The highest BCUT2D eigenvalue weighted by Gasteiger charge is 2.11. The summed E-state index contributed by atoms with van der Waals surface area (Å²) in [5, 5.41) is 9.05. The molecule has 100 valence electrons. The lowest BCUT2D eigenvalue weighted by Gasteiger charge is -2.12. The maximum Gasteiger partial charge on any atom is 0.234 e. The molecule has 3 N–H and O–H groups in total. The molecule has 2 rings (SSSR count). The highest BCUT2D eigenvalue weighted by molar-refractivity contribution is 9.10. The number of nitrogen functional groups attached to an aromatic ring is 1. The van der Waals surface area contributed by atoms with Gasteiger partial charge in [-0.2, -0.15) is 0 Å². The topological polar surface area (TPSA) is 68.4 Å². The summed E-state index contributed by atoms with van der Waals surface area (Å²) >= 11 is 3.44. The molecule has 1 aromatic heterocycles. The van der Waals surface area contributed by atoms with Crippen molar-refractivity contribution in [3.8, 4) is 11.6 Å². The largest absolute Gasteiger partial charge is 0.438 e. The molecule has 0 aliphatic rings.